The molecule has 2 fully saturated rings. The first kappa shape index (κ1) is 29.3. The van der Waals surface area contributed by atoms with E-state index >= 15 is 0 Å². The lowest BCUT2D eigenvalue weighted by molar-refractivity contribution is -0.144. The van der Waals surface area contributed by atoms with Crippen molar-refractivity contribution in [3.63, 3.8) is 0 Å². The summed E-state index contributed by atoms with van der Waals surface area (Å²) in [5, 5.41) is 7.88. The number of amides is 4. The van der Waals surface area contributed by atoms with Crippen LogP contribution in [0, 0.1) is 17.8 Å². The number of carbonyl (C=O) groups excluding carboxylic acids is 4. The number of nitrogens with zero attached hydrogens (tertiary/aromatic N) is 1. The number of hydrogen-bond donors (Lipinski definition) is 3. The summed E-state index contributed by atoms with van der Waals surface area (Å²) in [5.74, 6) is 1.85. The zero-order chi connectivity index (χ0) is 27.9. The summed E-state index contributed by atoms with van der Waals surface area (Å²) < 4.78 is 10.6. The number of benzene rings is 1. The molecule has 0 aromatic heterocycles. The number of hydrogen-bond acceptors (Lipinski definition) is 7. The van der Waals surface area contributed by atoms with Gasteiger partial charge in [0.2, 0.25) is 11.8 Å². The molecular weight excluding hydrogens is 508 g/mol. The van der Waals surface area contributed by atoms with Gasteiger partial charge in [0.25, 0.3) is 5.91 Å². The molecule has 0 spiro atoms. The molecule has 3 rings (SSSR count). The van der Waals surface area contributed by atoms with E-state index < -0.39 is 41.6 Å². The van der Waals surface area contributed by atoms with Crippen LogP contribution in [0.1, 0.15) is 45.2 Å². The van der Waals surface area contributed by atoms with E-state index in [0.717, 1.165) is 5.56 Å². The lowest BCUT2D eigenvalue weighted by Gasteiger charge is -2.35. The third kappa shape index (κ3) is 6.99. The molecular formula is C27H36N4O6S. The molecule has 0 radical (unpaired) electrons. The van der Waals surface area contributed by atoms with Crippen molar-refractivity contribution in [2.24, 2.45) is 5.41 Å². The number of nitrogens with one attached hydrogen (secondary N) is 3. The van der Waals surface area contributed by atoms with Gasteiger partial charge in [0, 0.05) is 7.05 Å². The zero-order valence-electron chi connectivity index (χ0n) is 22.2. The first-order valence-electron chi connectivity index (χ1n) is 12.6. The van der Waals surface area contributed by atoms with Gasteiger partial charge in [-0.15, -0.1) is 18.2 Å². The van der Waals surface area contributed by atoms with E-state index in [1.807, 2.05) is 44.2 Å². The molecule has 2 aliphatic rings. The Balaban J connectivity index is 1.80. The van der Waals surface area contributed by atoms with Gasteiger partial charge < -0.3 is 30.3 Å². The van der Waals surface area contributed by atoms with Gasteiger partial charge in [-0.1, -0.05) is 50.1 Å². The first-order valence-corrected chi connectivity index (χ1v) is 13.6. The standard InChI is InChI=1S/C27H36N4O6S/c1-6-13-36-16-20(18-10-8-7-9-11-18)30-24(33)22-27(3,4)15-21-31(22)25(34)19(12-14-38-21)29-23(32)17(2)37-26(35)28-5/h1,7-11,17,19-22H,12-16H2,2-5H3,(H,28,35)(H,29,32)(H,30,33)/t17?,19-,20?,21-,22+/m0/s1. The van der Waals surface area contributed by atoms with Gasteiger partial charge in [-0.3, -0.25) is 14.4 Å². The summed E-state index contributed by atoms with van der Waals surface area (Å²) in [7, 11) is 1.39. The summed E-state index contributed by atoms with van der Waals surface area (Å²) in [6, 6.07) is 7.37. The second-order valence-electron chi connectivity index (χ2n) is 10.0. The van der Waals surface area contributed by atoms with E-state index in [4.69, 9.17) is 15.9 Å². The largest absolute Gasteiger partial charge is 0.436 e. The SMILES string of the molecule is C#CCOCC(NC(=O)[C@H]1N2C(=O)[C@@H](NC(=O)C(C)OC(=O)NC)CCS[C@H]2CC1(C)C)c1ccccc1. The van der Waals surface area contributed by atoms with Crippen LogP contribution in [0.2, 0.25) is 0 Å². The number of ether oxygens (including phenoxy) is 2. The van der Waals surface area contributed by atoms with Crippen LogP contribution < -0.4 is 16.0 Å². The Kier molecular flexibility index (Phi) is 10.1. The summed E-state index contributed by atoms with van der Waals surface area (Å²) in [4.78, 5) is 53.4. The molecule has 5 atom stereocenters. The van der Waals surface area contributed by atoms with Gasteiger partial charge in [-0.2, -0.15) is 0 Å². The number of rotatable bonds is 9. The number of alkyl carbamates (subject to hydrolysis) is 1. The Morgan fingerprint density at radius 3 is 2.63 bits per heavy atom. The Morgan fingerprint density at radius 1 is 1.26 bits per heavy atom. The summed E-state index contributed by atoms with van der Waals surface area (Å²) in [6.07, 6.45) is 4.52. The van der Waals surface area contributed by atoms with Crippen molar-refractivity contribution >= 4 is 35.6 Å². The molecule has 38 heavy (non-hydrogen) atoms. The highest BCUT2D eigenvalue weighted by Gasteiger charge is 2.54. The molecule has 2 heterocycles. The Labute approximate surface area is 227 Å². The van der Waals surface area contributed by atoms with Crippen molar-refractivity contribution < 1.29 is 28.7 Å². The molecule has 0 saturated carbocycles. The van der Waals surface area contributed by atoms with E-state index in [1.165, 1.54) is 14.0 Å². The molecule has 1 aromatic rings. The molecule has 1 aromatic carbocycles. The Hall–Kier alpha value is -3.23. The smallest absolute Gasteiger partial charge is 0.407 e. The Morgan fingerprint density at radius 2 is 1.97 bits per heavy atom. The third-order valence-corrected chi connectivity index (χ3v) is 7.96. The minimum atomic E-state index is -1.08. The van der Waals surface area contributed by atoms with Crippen LogP contribution >= 0.6 is 11.8 Å². The van der Waals surface area contributed by atoms with Crippen LogP contribution in [0.3, 0.4) is 0 Å². The van der Waals surface area contributed by atoms with Crippen LogP contribution in [0.4, 0.5) is 4.79 Å². The third-order valence-electron chi connectivity index (χ3n) is 6.71. The summed E-state index contributed by atoms with van der Waals surface area (Å²) in [5.41, 5.74) is 0.344. The van der Waals surface area contributed by atoms with Crippen molar-refractivity contribution in [3.8, 4) is 12.3 Å². The normalized spacial score (nSPS) is 23.7. The maximum atomic E-state index is 13.8. The quantitative estimate of drug-likeness (QED) is 0.320. The van der Waals surface area contributed by atoms with E-state index in [9.17, 15) is 19.2 Å². The second kappa shape index (κ2) is 13.0. The van der Waals surface area contributed by atoms with Gasteiger partial charge in [0.05, 0.1) is 18.0 Å². The van der Waals surface area contributed by atoms with E-state index in [2.05, 4.69) is 21.9 Å². The van der Waals surface area contributed by atoms with Gasteiger partial charge in [-0.25, -0.2) is 4.79 Å². The summed E-state index contributed by atoms with van der Waals surface area (Å²) >= 11 is 1.60. The van der Waals surface area contributed by atoms with Crippen molar-refractivity contribution in [1.82, 2.24) is 20.9 Å². The molecule has 206 valence electrons. The first-order chi connectivity index (χ1) is 18.1. The van der Waals surface area contributed by atoms with Crippen molar-refractivity contribution in [1.29, 1.82) is 0 Å². The van der Waals surface area contributed by atoms with Crippen molar-refractivity contribution in [2.75, 3.05) is 26.0 Å². The molecule has 2 aliphatic heterocycles. The van der Waals surface area contributed by atoms with Crippen LogP contribution in [0.5, 0.6) is 0 Å². The fourth-order valence-corrected chi connectivity index (χ4v) is 6.38. The minimum absolute atomic E-state index is 0.112. The van der Waals surface area contributed by atoms with Crippen LogP contribution in [-0.4, -0.2) is 78.3 Å². The molecule has 11 heteroatoms. The van der Waals surface area contributed by atoms with Crippen molar-refractivity contribution in [2.45, 2.75) is 63.2 Å². The lowest BCUT2D eigenvalue weighted by Crippen LogP contribution is -2.58. The van der Waals surface area contributed by atoms with E-state index in [0.29, 0.717) is 18.6 Å². The maximum absolute atomic E-state index is 13.8. The number of carbonyl (C=O) groups is 4. The van der Waals surface area contributed by atoms with Gasteiger partial charge in [-0.05, 0) is 36.5 Å². The average molecular weight is 545 g/mol. The fraction of sp³-hybridized carbons (Fsp3) is 0.556. The predicted octanol–water partition coefficient (Wildman–Crippen LogP) is 1.81. The maximum Gasteiger partial charge on any atom is 0.407 e. The minimum Gasteiger partial charge on any atom is -0.436 e. The molecule has 0 bridgehead atoms. The Bertz CT molecular complexity index is 1060. The van der Waals surface area contributed by atoms with E-state index in [-0.39, 0.29) is 30.4 Å². The molecule has 0 aliphatic carbocycles. The van der Waals surface area contributed by atoms with Gasteiger partial charge in [0.15, 0.2) is 6.10 Å². The van der Waals surface area contributed by atoms with Crippen molar-refractivity contribution in [3.05, 3.63) is 35.9 Å². The predicted molar refractivity (Wildman–Crippen MR) is 144 cm³/mol. The zero-order valence-corrected chi connectivity index (χ0v) is 23.0. The molecule has 4 amide bonds. The molecule has 2 saturated heterocycles. The van der Waals surface area contributed by atoms with Gasteiger partial charge in [0.1, 0.15) is 18.7 Å². The van der Waals surface area contributed by atoms with Crippen LogP contribution in [0.15, 0.2) is 30.3 Å². The van der Waals surface area contributed by atoms with Crippen LogP contribution in [0.25, 0.3) is 0 Å². The topological polar surface area (TPSA) is 126 Å². The highest BCUT2D eigenvalue weighted by molar-refractivity contribution is 7.99. The van der Waals surface area contributed by atoms with Gasteiger partial charge >= 0.3 is 6.09 Å². The number of fused-ring (bicyclic) bond motifs is 1. The molecule has 10 nitrogen and oxygen atoms in total. The number of thioether (sulfide) groups is 1. The molecule has 3 N–H and O–H groups in total. The lowest BCUT2D eigenvalue weighted by atomic mass is 9.83. The average Bonchev–Trinajstić information content (AvgIpc) is 3.08. The molecule has 2 unspecified atom stereocenters. The monoisotopic (exact) mass is 544 g/mol. The highest BCUT2D eigenvalue weighted by Crippen LogP contribution is 2.46. The number of terminal acetylenes is 1. The summed E-state index contributed by atoms with van der Waals surface area (Å²) in [6.45, 7) is 5.67. The van der Waals surface area contributed by atoms with E-state index in [1.54, 1.807) is 16.7 Å². The highest BCUT2D eigenvalue weighted by atomic mass is 32.2. The van der Waals surface area contributed by atoms with Crippen LogP contribution in [-0.2, 0) is 23.9 Å². The second-order valence-corrected chi connectivity index (χ2v) is 11.3. The fourth-order valence-electron chi connectivity index (χ4n) is 4.81.